The van der Waals surface area contributed by atoms with Crippen LogP contribution in [0.2, 0.25) is 0 Å². The SMILES string of the molecule is COC(=O)c1ccc(CNCC(C)(O)CC(C)C)nc1. The fourth-order valence-corrected chi connectivity index (χ4v) is 2.18. The Labute approximate surface area is 120 Å². The summed E-state index contributed by atoms with van der Waals surface area (Å²) in [7, 11) is 1.34. The summed E-state index contributed by atoms with van der Waals surface area (Å²) in [5.41, 5.74) is 0.529. The minimum absolute atomic E-state index is 0.392. The van der Waals surface area contributed by atoms with Crippen LogP contribution in [0.5, 0.6) is 0 Å². The molecule has 1 unspecified atom stereocenters. The fourth-order valence-electron chi connectivity index (χ4n) is 2.18. The molecular weight excluding hydrogens is 256 g/mol. The number of hydrogen-bond acceptors (Lipinski definition) is 5. The van der Waals surface area contributed by atoms with Crippen LogP contribution in [0.15, 0.2) is 18.3 Å². The van der Waals surface area contributed by atoms with Gasteiger partial charge < -0.3 is 15.2 Å². The van der Waals surface area contributed by atoms with Crippen molar-refractivity contribution in [3.05, 3.63) is 29.6 Å². The first-order chi connectivity index (χ1) is 9.34. The van der Waals surface area contributed by atoms with Gasteiger partial charge in [-0.15, -0.1) is 0 Å². The summed E-state index contributed by atoms with van der Waals surface area (Å²) in [6.45, 7) is 7.05. The minimum atomic E-state index is -0.722. The summed E-state index contributed by atoms with van der Waals surface area (Å²) >= 11 is 0. The number of carbonyl (C=O) groups excluding carboxylic acids is 1. The largest absolute Gasteiger partial charge is 0.465 e. The summed E-state index contributed by atoms with van der Waals surface area (Å²) in [6.07, 6.45) is 2.24. The van der Waals surface area contributed by atoms with Crippen molar-refractivity contribution in [2.75, 3.05) is 13.7 Å². The number of aromatic nitrogens is 1. The zero-order valence-electron chi connectivity index (χ0n) is 12.6. The van der Waals surface area contributed by atoms with Crippen LogP contribution in [0.25, 0.3) is 0 Å². The van der Waals surface area contributed by atoms with E-state index in [4.69, 9.17) is 0 Å². The number of nitrogens with one attached hydrogen (secondary N) is 1. The molecule has 0 saturated heterocycles. The van der Waals surface area contributed by atoms with E-state index in [9.17, 15) is 9.90 Å². The van der Waals surface area contributed by atoms with Gasteiger partial charge in [-0.2, -0.15) is 0 Å². The average Bonchev–Trinajstić information content (AvgIpc) is 2.37. The molecule has 0 aliphatic heterocycles. The van der Waals surface area contributed by atoms with E-state index in [2.05, 4.69) is 28.9 Å². The Balaban J connectivity index is 2.44. The van der Waals surface area contributed by atoms with Crippen LogP contribution in [0.3, 0.4) is 0 Å². The molecule has 1 heterocycles. The maximum absolute atomic E-state index is 11.3. The van der Waals surface area contributed by atoms with Gasteiger partial charge in [-0.1, -0.05) is 13.8 Å². The van der Waals surface area contributed by atoms with Crippen LogP contribution < -0.4 is 5.32 Å². The molecule has 0 fully saturated rings. The summed E-state index contributed by atoms with van der Waals surface area (Å²) in [4.78, 5) is 15.4. The standard InChI is InChI=1S/C15H24N2O3/c1-11(2)7-15(3,19)10-16-9-13-6-5-12(8-17-13)14(18)20-4/h5-6,8,11,16,19H,7,9-10H2,1-4H3. The predicted octanol–water partition coefficient (Wildman–Crippen LogP) is 1.75. The first-order valence-electron chi connectivity index (χ1n) is 6.80. The lowest BCUT2D eigenvalue weighted by Crippen LogP contribution is -2.38. The molecule has 20 heavy (non-hydrogen) atoms. The Morgan fingerprint density at radius 2 is 2.20 bits per heavy atom. The number of pyridine rings is 1. The molecule has 0 aliphatic rings. The Morgan fingerprint density at radius 3 is 2.70 bits per heavy atom. The van der Waals surface area contributed by atoms with Gasteiger partial charge in [-0.25, -0.2) is 4.79 Å². The molecule has 0 spiro atoms. The Morgan fingerprint density at radius 1 is 1.50 bits per heavy atom. The summed E-state index contributed by atoms with van der Waals surface area (Å²) in [5.74, 6) is 0.0566. The van der Waals surface area contributed by atoms with Crippen LogP contribution in [0.4, 0.5) is 0 Å². The van der Waals surface area contributed by atoms with Crippen molar-refractivity contribution in [3.63, 3.8) is 0 Å². The molecule has 2 N–H and O–H groups in total. The second-order valence-corrected chi connectivity index (χ2v) is 5.73. The van der Waals surface area contributed by atoms with E-state index in [-0.39, 0.29) is 0 Å². The van der Waals surface area contributed by atoms with Gasteiger partial charge in [0.2, 0.25) is 0 Å². The number of hydrogen-bond donors (Lipinski definition) is 2. The van der Waals surface area contributed by atoms with Crippen LogP contribution in [0.1, 0.15) is 43.2 Å². The average molecular weight is 280 g/mol. The number of aliphatic hydroxyl groups is 1. The molecular formula is C15H24N2O3. The van der Waals surface area contributed by atoms with Crippen molar-refractivity contribution < 1.29 is 14.6 Å². The van der Waals surface area contributed by atoms with Crippen molar-refractivity contribution in [3.8, 4) is 0 Å². The topological polar surface area (TPSA) is 71.5 Å². The van der Waals surface area contributed by atoms with Gasteiger partial charge in [0.05, 0.1) is 24.0 Å². The van der Waals surface area contributed by atoms with Crippen molar-refractivity contribution in [2.45, 2.75) is 39.3 Å². The lowest BCUT2D eigenvalue weighted by atomic mass is 9.94. The molecule has 0 aromatic carbocycles. The van der Waals surface area contributed by atoms with Crippen LogP contribution in [0, 0.1) is 5.92 Å². The van der Waals surface area contributed by atoms with Crippen molar-refractivity contribution in [2.24, 2.45) is 5.92 Å². The van der Waals surface area contributed by atoms with Crippen molar-refractivity contribution in [1.82, 2.24) is 10.3 Å². The third kappa shape index (κ3) is 5.67. The van der Waals surface area contributed by atoms with E-state index in [1.165, 1.54) is 13.3 Å². The Hall–Kier alpha value is -1.46. The third-order valence-corrected chi connectivity index (χ3v) is 2.91. The van der Waals surface area contributed by atoms with E-state index < -0.39 is 11.6 Å². The van der Waals surface area contributed by atoms with E-state index >= 15 is 0 Å². The maximum Gasteiger partial charge on any atom is 0.339 e. The smallest absolute Gasteiger partial charge is 0.339 e. The van der Waals surface area contributed by atoms with Gasteiger partial charge in [0, 0.05) is 19.3 Å². The summed E-state index contributed by atoms with van der Waals surface area (Å²) < 4.78 is 4.61. The van der Waals surface area contributed by atoms with Gasteiger partial charge in [0.25, 0.3) is 0 Å². The number of rotatable bonds is 7. The molecule has 112 valence electrons. The van der Waals surface area contributed by atoms with Gasteiger partial charge in [-0.3, -0.25) is 4.98 Å². The molecule has 0 radical (unpaired) electrons. The normalized spacial score (nSPS) is 14.1. The Kier molecular flexibility index (Phi) is 6.10. The number of ether oxygens (including phenoxy) is 1. The lowest BCUT2D eigenvalue weighted by Gasteiger charge is -2.25. The van der Waals surface area contributed by atoms with E-state index in [1.54, 1.807) is 12.1 Å². The number of methoxy groups -OCH3 is 1. The lowest BCUT2D eigenvalue weighted by molar-refractivity contribution is 0.0382. The fraction of sp³-hybridized carbons (Fsp3) is 0.600. The second-order valence-electron chi connectivity index (χ2n) is 5.73. The van der Waals surface area contributed by atoms with E-state index in [0.717, 1.165) is 12.1 Å². The van der Waals surface area contributed by atoms with Gasteiger partial charge in [-0.05, 0) is 31.4 Å². The molecule has 1 atom stereocenters. The zero-order chi connectivity index (χ0) is 15.2. The van der Waals surface area contributed by atoms with Gasteiger partial charge in [0.1, 0.15) is 0 Å². The third-order valence-electron chi connectivity index (χ3n) is 2.91. The molecule has 0 bridgehead atoms. The molecule has 1 aromatic heterocycles. The zero-order valence-corrected chi connectivity index (χ0v) is 12.6. The molecule has 0 saturated carbocycles. The highest BCUT2D eigenvalue weighted by Gasteiger charge is 2.21. The van der Waals surface area contributed by atoms with Gasteiger partial charge >= 0.3 is 5.97 Å². The monoisotopic (exact) mass is 280 g/mol. The molecule has 1 aromatic rings. The highest BCUT2D eigenvalue weighted by atomic mass is 16.5. The summed E-state index contributed by atoms with van der Waals surface area (Å²) in [6, 6.07) is 3.46. The molecule has 5 heteroatoms. The first-order valence-corrected chi connectivity index (χ1v) is 6.80. The number of esters is 1. The Bertz CT molecular complexity index is 427. The molecule has 0 aliphatic carbocycles. The number of carbonyl (C=O) groups is 1. The number of nitrogens with zero attached hydrogens (tertiary/aromatic N) is 1. The van der Waals surface area contributed by atoms with Crippen LogP contribution in [-0.4, -0.2) is 35.3 Å². The molecule has 0 amide bonds. The molecule has 5 nitrogen and oxygen atoms in total. The first kappa shape index (κ1) is 16.6. The van der Waals surface area contributed by atoms with Crippen LogP contribution >= 0.6 is 0 Å². The predicted molar refractivity (Wildman–Crippen MR) is 77.4 cm³/mol. The van der Waals surface area contributed by atoms with Crippen LogP contribution in [-0.2, 0) is 11.3 Å². The quantitative estimate of drug-likeness (QED) is 0.745. The van der Waals surface area contributed by atoms with E-state index in [1.807, 2.05) is 6.92 Å². The highest BCUT2D eigenvalue weighted by molar-refractivity contribution is 5.88. The minimum Gasteiger partial charge on any atom is -0.465 e. The van der Waals surface area contributed by atoms with E-state index in [0.29, 0.717) is 24.6 Å². The second kappa shape index (κ2) is 7.36. The molecule has 1 rings (SSSR count). The maximum atomic E-state index is 11.3. The highest BCUT2D eigenvalue weighted by Crippen LogP contribution is 2.15. The van der Waals surface area contributed by atoms with Gasteiger partial charge in [0.15, 0.2) is 0 Å². The summed E-state index contributed by atoms with van der Waals surface area (Å²) in [5, 5.41) is 13.3. The van der Waals surface area contributed by atoms with Crippen molar-refractivity contribution in [1.29, 1.82) is 0 Å². The van der Waals surface area contributed by atoms with Crippen molar-refractivity contribution >= 4 is 5.97 Å².